The Balaban J connectivity index is 1.86. The van der Waals surface area contributed by atoms with E-state index in [-0.39, 0.29) is 0 Å². The number of hydrogen-bond acceptors (Lipinski definition) is 4. The predicted molar refractivity (Wildman–Crippen MR) is 94.5 cm³/mol. The van der Waals surface area contributed by atoms with Gasteiger partial charge in [-0.15, -0.1) is 0 Å². The van der Waals surface area contributed by atoms with Gasteiger partial charge in [0.2, 0.25) is 0 Å². The number of fused-ring (bicyclic) bond motifs is 1. The van der Waals surface area contributed by atoms with E-state index in [0.717, 1.165) is 23.7 Å². The fourth-order valence-electron chi connectivity index (χ4n) is 2.59. The van der Waals surface area contributed by atoms with Gasteiger partial charge in [-0.25, -0.2) is 4.98 Å². The van der Waals surface area contributed by atoms with Crippen LogP contribution in [0.1, 0.15) is 39.2 Å². The molecule has 21 heavy (non-hydrogen) atoms. The van der Waals surface area contributed by atoms with E-state index >= 15 is 0 Å². The van der Waals surface area contributed by atoms with Crippen LogP contribution < -0.4 is 5.32 Å². The molecular weight excluding hydrogens is 278 g/mol. The zero-order valence-corrected chi connectivity index (χ0v) is 14.5. The Morgan fingerprint density at radius 1 is 1.29 bits per heavy atom. The van der Waals surface area contributed by atoms with Crippen LogP contribution in [0.3, 0.4) is 0 Å². The van der Waals surface area contributed by atoms with E-state index in [1.165, 1.54) is 29.6 Å². The number of aromatic nitrogens is 1. The molecule has 0 saturated heterocycles. The van der Waals surface area contributed by atoms with Crippen molar-refractivity contribution in [2.24, 2.45) is 0 Å². The van der Waals surface area contributed by atoms with E-state index in [4.69, 9.17) is 4.98 Å². The summed E-state index contributed by atoms with van der Waals surface area (Å²) < 4.78 is 1.27. The number of nitrogens with zero attached hydrogens (tertiary/aromatic N) is 2. The predicted octanol–water partition coefficient (Wildman–Crippen LogP) is 4.53. The van der Waals surface area contributed by atoms with Crippen LogP contribution in [0.25, 0.3) is 10.2 Å². The van der Waals surface area contributed by atoms with Crippen LogP contribution in [0.15, 0.2) is 18.2 Å². The van der Waals surface area contributed by atoms with Gasteiger partial charge in [0.1, 0.15) is 0 Å². The zero-order valence-electron chi connectivity index (χ0n) is 13.6. The van der Waals surface area contributed by atoms with E-state index in [9.17, 15) is 0 Å². The average Bonchev–Trinajstić information content (AvgIpc) is 2.87. The zero-order chi connectivity index (χ0) is 15.2. The van der Waals surface area contributed by atoms with Gasteiger partial charge in [-0.2, -0.15) is 0 Å². The highest BCUT2D eigenvalue weighted by molar-refractivity contribution is 7.22. The number of thiazole rings is 1. The Hall–Kier alpha value is -1.13. The maximum absolute atomic E-state index is 4.72. The van der Waals surface area contributed by atoms with Gasteiger partial charge < -0.3 is 10.2 Å². The van der Waals surface area contributed by atoms with E-state index in [0.29, 0.717) is 6.04 Å². The van der Waals surface area contributed by atoms with E-state index in [1.807, 2.05) is 0 Å². The van der Waals surface area contributed by atoms with E-state index in [2.05, 4.69) is 56.1 Å². The van der Waals surface area contributed by atoms with Crippen LogP contribution in [0, 0.1) is 6.92 Å². The van der Waals surface area contributed by atoms with Crippen LogP contribution in [0.5, 0.6) is 0 Å². The van der Waals surface area contributed by atoms with Gasteiger partial charge in [0.05, 0.1) is 10.2 Å². The molecule has 1 N–H and O–H groups in total. The fraction of sp³-hybridized carbons (Fsp3) is 0.588. The molecule has 1 aromatic carbocycles. The molecule has 0 radical (unpaired) electrons. The third-order valence-electron chi connectivity index (χ3n) is 4.00. The second-order valence-electron chi connectivity index (χ2n) is 5.66. The first kappa shape index (κ1) is 16.2. The van der Waals surface area contributed by atoms with Crippen molar-refractivity contribution >= 4 is 26.7 Å². The molecule has 2 aromatic rings. The van der Waals surface area contributed by atoms with E-state index in [1.54, 1.807) is 11.3 Å². The summed E-state index contributed by atoms with van der Waals surface area (Å²) in [6, 6.07) is 6.85. The molecule has 1 atom stereocenters. The lowest BCUT2D eigenvalue weighted by molar-refractivity contribution is 0.295. The van der Waals surface area contributed by atoms with Crippen molar-refractivity contribution in [1.82, 2.24) is 9.88 Å². The van der Waals surface area contributed by atoms with E-state index < -0.39 is 0 Å². The average molecular weight is 305 g/mol. The summed E-state index contributed by atoms with van der Waals surface area (Å²) in [6.45, 7) is 12.3. The van der Waals surface area contributed by atoms with Crippen LogP contribution in [0.4, 0.5) is 5.13 Å². The number of anilines is 1. The second-order valence-corrected chi connectivity index (χ2v) is 6.69. The highest BCUT2D eigenvalue weighted by Crippen LogP contribution is 2.28. The molecule has 0 aliphatic heterocycles. The molecule has 1 unspecified atom stereocenters. The second kappa shape index (κ2) is 7.76. The summed E-state index contributed by atoms with van der Waals surface area (Å²) >= 11 is 1.76. The van der Waals surface area contributed by atoms with Crippen LogP contribution in [-0.4, -0.2) is 35.6 Å². The highest BCUT2D eigenvalue weighted by Gasteiger charge is 2.09. The molecular formula is C17H27N3S. The monoisotopic (exact) mass is 305 g/mol. The third kappa shape index (κ3) is 4.42. The summed E-state index contributed by atoms with van der Waals surface area (Å²) in [5.74, 6) is 0. The molecule has 0 amide bonds. The SMILES string of the molecule is CCN(CC)CCCC(C)Nc1nc2c(C)cccc2s1. The summed E-state index contributed by atoms with van der Waals surface area (Å²) in [4.78, 5) is 7.20. The Bertz CT molecular complexity index is 560. The number of aryl methyl sites for hydroxylation is 1. The summed E-state index contributed by atoms with van der Waals surface area (Å²) in [5.41, 5.74) is 2.39. The fourth-order valence-corrected chi connectivity index (χ4v) is 3.65. The molecule has 0 saturated carbocycles. The van der Waals surface area contributed by atoms with Crippen molar-refractivity contribution in [1.29, 1.82) is 0 Å². The summed E-state index contributed by atoms with van der Waals surface area (Å²) in [5, 5.41) is 4.61. The summed E-state index contributed by atoms with van der Waals surface area (Å²) in [7, 11) is 0. The number of hydrogen-bond donors (Lipinski definition) is 1. The highest BCUT2D eigenvalue weighted by atomic mass is 32.1. The number of benzene rings is 1. The molecule has 0 aliphatic rings. The number of rotatable bonds is 8. The van der Waals surface area contributed by atoms with Crippen molar-refractivity contribution in [3.05, 3.63) is 23.8 Å². The molecule has 1 aromatic heterocycles. The van der Waals surface area contributed by atoms with Gasteiger partial charge in [-0.1, -0.05) is 37.3 Å². The van der Waals surface area contributed by atoms with Gasteiger partial charge >= 0.3 is 0 Å². The van der Waals surface area contributed by atoms with Gasteiger partial charge in [0, 0.05) is 6.04 Å². The minimum absolute atomic E-state index is 0.474. The number of nitrogens with one attached hydrogen (secondary N) is 1. The molecule has 3 nitrogen and oxygen atoms in total. The Labute approximate surface area is 132 Å². The van der Waals surface area contributed by atoms with Crippen LogP contribution >= 0.6 is 11.3 Å². The normalized spacial score (nSPS) is 13.0. The first-order chi connectivity index (χ1) is 10.1. The molecule has 116 valence electrons. The Morgan fingerprint density at radius 2 is 2.05 bits per heavy atom. The Morgan fingerprint density at radius 3 is 2.71 bits per heavy atom. The largest absolute Gasteiger partial charge is 0.359 e. The minimum Gasteiger partial charge on any atom is -0.359 e. The molecule has 0 bridgehead atoms. The van der Waals surface area contributed by atoms with Crippen molar-refractivity contribution < 1.29 is 0 Å². The van der Waals surface area contributed by atoms with Crippen molar-refractivity contribution in [2.45, 2.75) is 46.6 Å². The number of para-hydroxylation sites is 1. The molecule has 4 heteroatoms. The quantitative estimate of drug-likeness (QED) is 0.777. The molecule has 0 aliphatic carbocycles. The maximum Gasteiger partial charge on any atom is 0.184 e. The van der Waals surface area contributed by atoms with Gasteiger partial charge in [0.15, 0.2) is 5.13 Å². The van der Waals surface area contributed by atoms with Crippen molar-refractivity contribution in [2.75, 3.05) is 25.0 Å². The van der Waals surface area contributed by atoms with Crippen molar-refractivity contribution in [3.63, 3.8) is 0 Å². The lowest BCUT2D eigenvalue weighted by Gasteiger charge is -2.19. The van der Waals surface area contributed by atoms with Gasteiger partial charge in [-0.3, -0.25) is 0 Å². The molecule has 2 rings (SSSR count). The molecule has 0 spiro atoms. The maximum atomic E-state index is 4.72. The lowest BCUT2D eigenvalue weighted by atomic mass is 10.2. The third-order valence-corrected chi connectivity index (χ3v) is 4.95. The van der Waals surface area contributed by atoms with Gasteiger partial charge in [-0.05, 0) is 58.0 Å². The lowest BCUT2D eigenvalue weighted by Crippen LogP contribution is -2.25. The first-order valence-electron chi connectivity index (χ1n) is 7.99. The van der Waals surface area contributed by atoms with Crippen LogP contribution in [-0.2, 0) is 0 Å². The van der Waals surface area contributed by atoms with Crippen LogP contribution in [0.2, 0.25) is 0 Å². The summed E-state index contributed by atoms with van der Waals surface area (Å²) in [6.07, 6.45) is 2.42. The Kier molecular flexibility index (Phi) is 6.00. The topological polar surface area (TPSA) is 28.2 Å². The molecule has 0 fully saturated rings. The van der Waals surface area contributed by atoms with Gasteiger partial charge in [0.25, 0.3) is 0 Å². The smallest absolute Gasteiger partial charge is 0.184 e. The standard InChI is InChI=1S/C17H27N3S/c1-5-20(6-2)12-8-10-14(4)18-17-19-16-13(3)9-7-11-15(16)21-17/h7,9,11,14H,5-6,8,10,12H2,1-4H3,(H,18,19). The minimum atomic E-state index is 0.474. The van der Waals surface area contributed by atoms with Crippen molar-refractivity contribution in [3.8, 4) is 0 Å². The first-order valence-corrected chi connectivity index (χ1v) is 8.80. The molecule has 1 heterocycles.